The van der Waals surface area contributed by atoms with Crippen molar-refractivity contribution in [3.63, 3.8) is 0 Å². The number of aromatic nitrogens is 3. The van der Waals surface area contributed by atoms with Crippen molar-refractivity contribution in [2.45, 2.75) is 45.9 Å². The van der Waals surface area contributed by atoms with Crippen LogP contribution in [0.1, 0.15) is 38.2 Å². The molecule has 1 aromatic heterocycles. The molecule has 0 spiro atoms. The molecule has 5 nitrogen and oxygen atoms in total. The normalized spacial score (nSPS) is 12.7. The van der Waals surface area contributed by atoms with Gasteiger partial charge in [0.05, 0.1) is 4.47 Å². The zero-order valence-corrected chi connectivity index (χ0v) is 14.2. The lowest BCUT2D eigenvalue weighted by atomic mass is 10.1. The number of nitrogens with two attached hydrogens (primary N) is 1. The monoisotopic (exact) mass is 352 g/mol. The van der Waals surface area contributed by atoms with Gasteiger partial charge in [0.1, 0.15) is 18.7 Å². The summed E-state index contributed by atoms with van der Waals surface area (Å²) in [6.07, 6.45) is 2.33. The predicted molar refractivity (Wildman–Crippen MR) is 86.2 cm³/mol. The van der Waals surface area contributed by atoms with Crippen LogP contribution in [-0.4, -0.2) is 20.8 Å². The average molecular weight is 353 g/mol. The van der Waals surface area contributed by atoms with Gasteiger partial charge in [0.2, 0.25) is 0 Å². The Balaban J connectivity index is 2.17. The van der Waals surface area contributed by atoms with Crippen molar-refractivity contribution in [3.05, 3.63) is 40.4 Å². The number of para-hydroxylation sites is 1. The maximum Gasteiger partial charge on any atom is 0.165 e. The molecule has 1 heterocycles. The fourth-order valence-electron chi connectivity index (χ4n) is 2.17. The van der Waals surface area contributed by atoms with E-state index in [9.17, 15) is 0 Å². The van der Waals surface area contributed by atoms with Crippen molar-refractivity contribution in [1.29, 1.82) is 0 Å². The fourth-order valence-corrected chi connectivity index (χ4v) is 2.69. The van der Waals surface area contributed by atoms with E-state index in [1.165, 1.54) is 0 Å². The van der Waals surface area contributed by atoms with Gasteiger partial charge in [-0.25, -0.2) is 9.67 Å². The second-order valence-corrected chi connectivity index (χ2v) is 6.27. The Kier molecular flexibility index (Phi) is 5.36. The Bertz CT molecular complexity index is 595. The van der Waals surface area contributed by atoms with Crippen LogP contribution in [0.5, 0.6) is 5.75 Å². The zero-order chi connectivity index (χ0) is 15.4. The Hall–Kier alpha value is -1.40. The zero-order valence-electron chi connectivity index (χ0n) is 12.6. The van der Waals surface area contributed by atoms with Crippen molar-refractivity contribution < 1.29 is 4.74 Å². The molecule has 1 aromatic carbocycles. The topological polar surface area (TPSA) is 66.0 Å². The van der Waals surface area contributed by atoms with Crippen LogP contribution >= 0.6 is 15.9 Å². The van der Waals surface area contributed by atoms with Gasteiger partial charge in [-0.1, -0.05) is 12.1 Å². The van der Waals surface area contributed by atoms with Gasteiger partial charge in [0.15, 0.2) is 5.82 Å². The summed E-state index contributed by atoms with van der Waals surface area (Å²) in [6.45, 7) is 6.50. The minimum absolute atomic E-state index is 0.0842. The Morgan fingerprint density at radius 3 is 2.76 bits per heavy atom. The maximum atomic E-state index is 5.98. The smallest absolute Gasteiger partial charge is 0.165 e. The van der Waals surface area contributed by atoms with E-state index in [-0.39, 0.29) is 12.1 Å². The van der Waals surface area contributed by atoms with Crippen molar-refractivity contribution in [3.8, 4) is 5.75 Å². The number of benzene rings is 1. The van der Waals surface area contributed by atoms with Crippen LogP contribution in [0.4, 0.5) is 0 Å². The first kappa shape index (κ1) is 16.0. The van der Waals surface area contributed by atoms with Gasteiger partial charge in [0.25, 0.3) is 0 Å². The highest BCUT2D eigenvalue weighted by Crippen LogP contribution is 2.30. The van der Waals surface area contributed by atoms with E-state index in [0.717, 1.165) is 28.0 Å². The van der Waals surface area contributed by atoms with Crippen LogP contribution in [0.15, 0.2) is 29.0 Å². The van der Waals surface area contributed by atoms with Crippen LogP contribution in [0, 0.1) is 0 Å². The standard InChI is InChI=1S/C15H21BrN4O/c1-10(2)20-14(18-9-19-20)8-21-15-12(7-11(3)17)5-4-6-13(15)16/h4-6,9-11H,7-8,17H2,1-3H3. The molecule has 0 aliphatic carbocycles. The van der Waals surface area contributed by atoms with Gasteiger partial charge in [-0.2, -0.15) is 5.10 Å². The van der Waals surface area contributed by atoms with E-state index in [2.05, 4.69) is 39.9 Å². The fraction of sp³-hybridized carbons (Fsp3) is 0.467. The Labute approximate surface area is 133 Å². The number of nitrogens with zero attached hydrogens (tertiary/aromatic N) is 3. The highest BCUT2D eigenvalue weighted by Gasteiger charge is 2.13. The van der Waals surface area contributed by atoms with Crippen molar-refractivity contribution in [2.24, 2.45) is 5.73 Å². The average Bonchev–Trinajstić information content (AvgIpc) is 2.86. The van der Waals surface area contributed by atoms with Crippen LogP contribution in [0.25, 0.3) is 0 Å². The highest BCUT2D eigenvalue weighted by atomic mass is 79.9. The van der Waals surface area contributed by atoms with Crippen LogP contribution < -0.4 is 10.5 Å². The highest BCUT2D eigenvalue weighted by molar-refractivity contribution is 9.10. The van der Waals surface area contributed by atoms with E-state index in [1.807, 2.05) is 29.8 Å². The van der Waals surface area contributed by atoms with E-state index in [4.69, 9.17) is 10.5 Å². The van der Waals surface area contributed by atoms with Crippen LogP contribution in [0.2, 0.25) is 0 Å². The molecule has 0 aliphatic rings. The third-order valence-corrected chi connectivity index (χ3v) is 3.70. The molecule has 114 valence electrons. The maximum absolute atomic E-state index is 5.98. The molecule has 1 atom stereocenters. The SMILES string of the molecule is CC(N)Cc1cccc(Br)c1OCc1ncnn1C(C)C. The van der Waals surface area contributed by atoms with E-state index < -0.39 is 0 Å². The molecular weight excluding hydrogens is 332 g/mol. The van der Waals surface area contributed by atoms with Crippen LogP contribution in [-0.2, 0) is 13.0 Å². The molecule has 21 heavy (non-hydrogen) atoms. The molecule has 0 saturated heterocycles. The predicted octanol–water partition coefficient (Wildman–Crippen LogP) is 3.09. The van der Waals surface area contributed by atoms with E-state index in [1.54, 1.807) is 6.33 Å². The van der Waals surface area contributed by atoms with Gasteiger partial charge < -0.3 is 10.5 Å². The lowest BCUT2D eigenvalue weighted by Crippen LogP contribution is -2.18. The number of halogens is 1. The second-order valence-electron chi connectivity index (χ2n) is 5.41. The number of ether oxygens (including phenoxy) is 1. The lowest BCUT2D eigenvalue weighted by molar-refractivity contribution is 0.277. The molecule has 0 amide bonds. The third-order valence-electron chi connectivity index (χ3n) is 3.07. The summed E-state index contributed by atoms with van der Waals surface area (Å²) >= 11 is 3.54. The van der Waals surface area contributed by atoms with Gasteiger partial charge >= 0.3 is 0 Å². The summed E-state index contributed by atoms with van der Waals surface area (Å²) < 4.78 is 8.77. The largest absolute Gasteiger partial charge is 0.484 e. The summed E-state index contributed by atoms with van der Waals surface area (Å²) in [6, 6.07) is 6.34. The summed E-state index contributed by atoms with van der Waals surface area (Å²) in [5, 5.41) is 4.22. The molecule has 0 aliphatic heterocycles. The van der Waals surface area contributed by atoms with Gasteiger partial charge in [-0.15, -0.1) is 0 Å². The summed E-state index contributed by atoms with van der Waals surface area (Å²) in [7, 11) is 0. The molecule has 2 aromatic rings. The summed E-state index contributed by atoms with van der Waals surface area (Å²) in [4.78, 5) is 4.26. The number of hydrogen-bond acceptors (Lipinski definition) is 4. The van der Waals surface area contributed by atoms with Crippen molar-refractivity contribution >= 4 is 15.9 Å². The Morgan fingerprint density at radius 2 is 2.10 bits per heavy atom. The van der Waals surface area contributed by atoms with E-state index >= 15 is 0 Å². The molecule has 0 radical (unpaired) electrons. The minimum Gasteiger partial charge on any atom is -0.484 e. The van der Waals surface area contributed by atoms with Gasteiger partial charge in [0, 0.05) is 12.1 Å². The molecule has 0 saturated carbocycles. The molecule has 1 unspecified atom stereocenters. The first-order valence-corrected chi connectivity index (χ1v) is 7.82. The first-order chi connectivity index (χ1) is 9.99. The van der Waals surface area contributed by atoms with Gasteiger partial charge in [-0.05, 0) is 54.8 Å². The Morgan fingerprint density at radius 1 is 1.33 bits per heavy atom. The number of rotatable bonds is 6. The summed E-state index contributed by atoms with van der Waals surface area (Å²) in [5.41, 5.74) is 6.99. The molecule has 0 bridgehead atoms. The van der Waals surface area contributed by atoms with Crippen molar-refractivity contribution in [2.75, 3.05) is 0 Å². The third kappa shape index (κ3) is 4.04. The molecule has 6 heteroatoms. The lowest BCUT2D eigenvalue weighted by Gasteiger charge is -2.15. The molecule has 2 rings (SSSR count). The molecule has 2 N–H and O–H groups in total. The molecule has 0 fully saturated rings. The molecular formula is C15H21BrN4O. The van der Waals surface area contributed by atoms with Crippen LogP contribution in [0.3, 0.4) is 0 Å². The first-order valence-electron chi connectivity index (χ1n) is 7.03. The number of hydrogen-bond donors (Lipinski definition) is 1. The van der Waals surface area contributed by atoms with E-state index in [0.29, 0.717) is 6.61 Å². The van der Waals surface area contributed by atoms with Crippen molar-refractivity contribution in [1.82, 2.24) is 14.8 Å². The summed E-state index contributed by atoms with van der Waals surface area (Å²) in [5.74, 6) is 1.64. The van der Waals surface area contributed by atoms with Gasteiger partial charge in [-0.3, -0.25) is 0 Å². The quantitative estimate of drug-likeness (QED) is 0.867. The minimum atomic E-state index is 0.0842. The second kappa shape index (κ2) is 7.04.